The van der Waals surface area contributed by atoms with Gasteiger partial charge in [0.05, 0.1) is 5.60 Å². The molecular weight excluding hydrogens is 200 g/mol. The largest absolute Gasteiger partial charge is 0.385 e. The minimum atomic E-state index is -0.648. The van der Waals surface area contributed by atoms with Crippen LogP contribution in [0.25, 0.3) is 0 Å². The van der Waals surface area contributed by atoms with Crippen LogP contribution in [0.4, 0.5) is 5.82 Å². The Morgan fingerprint density at radius 2 is 2.19 bits per heavy atom. The molecule has 1 aliphatic carbocycles. The molecule has 2 rings (SSSR count). The van der Waals surface area contributed by atoms with Crippen molar-refractivity contribution in [3.05, 3.63) is 23.9 Å². The molecular formula is C13H20N2O. The number of anilines is 1. The molecule has 1 heterocycles. The predicted molar refractivity (Wildman–Crippen MR) is 65.4 cm³/mol. The monoisotopic (exact) mass is 220 g/mol. The van der Waals surface area contributed by atoms with Crippen molar-refractivity contribution in [2.24, 2.45) is 0 Å². The first-order chi connectivity index (χ1) is 7.76. The molecule has 88 valence electrons. The van der Waals surface area contributed by atoms with Gasteiger partial charge in [-0.25, -0.2) is 4.98 Å². The summed E-state index contributed by atoms with van der Waals surface area (Å²) in [5, 5.41) is 13.9. The fourth-order valence-electron chi connectivity index (χ4n) is 2.39. The molecule has 3 heteroatoms. The average molecular weight is 220 g/mol. The van der Waals surface area contributed by atoms with E-state index in [1.807, 2.05) is 12.1 Å². The Balaban J connectivity index is 2.24. The van der Waals surface area contributed by atoms with E-state index < -0.39 is 5.60 Å². The molecule has 0 amide bonds. The number of nitrogens with one attached hydrogen (secondary N) is 1. The number of hydrogen-bond donors (Lipinski definition) is 2. The van der Waals surface area contributed by atoms with Gasteiger partial charge in [-0.15, -0.1) is 0 Å². The highest BCUT2D eigenvalue weighted by atomic mass is 16.3. The third-order valence-corrected chi connectivity index (χ3v) is 3.28. The lowest BCUT2D eigenvalue weighted by Crippen LogP contribution is -2.23. The van der Waals surface area contributed by atoms with E-state index in [1.54, 1.807) is 6.20 Å². The summed E-state index contributed by atoms with van der Waals surface area (Å²) >= 11 is 0. The first kappa shape index (κ1) is 11.4. The molecule has 0 aliphatic heterocycles. The molecule has 0 radical (unpaired) electrons. The van der Waals surface area contributed by atoms with Gasteiger partial charge in [-0.3, -0.25) is 0 Å². The standard InChI is InChI=1S/C13H20N2O/c1-2-9-14-12-11(6-5-10-15-12)13(16)7-3-4-8-13/h5-6,10,16H,2-4,7-9H2,1H3,(H,14,15). The number of pyridine rings is 1. The lowest BCUT2D eigenvalue weighted by molar-refractivity contribution is 0.0449. The minimum Gasteiger partial charge on any atom is -0.385 e. The fourth-order valence-corrected chi connectivity index (χ4v) is 2.39. The summed E-state index contributed by atoms with van der Waals surface area (Å²) in [4.78, 5) is 4.33. The maximum absolute atomic E-state index is 10.6. The molecule has 0 atom stereocenters. The fraction of sp³-hybridized carbons (Fsp3) is 0.615. The van der Waals surface area contributed by atoms with Gasteiger partial charge in [-0.2, -0.15) is 0 Å². The van der Waals surface area contributed by atoms with E-state index in [4.69, 9.17) is 0 Å². The van der Waals surface area contributed by atoms with E-state index in [0.29, 0.717) is 0 Å². The first-order valence-corrected chi connectivity index (χ1v) is 6.18. The van der Waals surface area contributed by atoms with E-state index in [-0.39, 0.29) is 0 Å². The maximum Gasteiger partial charge on any atom is 0.132 e. The van der Waals surface area contributed by atoms with Crippen LogP contribution >= 0.6 is 0 Å². The van der Waals surface area contributed by atoms with Gasteiger partial charge in [0.25, 0.3) is 0 Å². The average Bonchev–Trinajstić information content (AvgIpc) is 2.75. The topological polar surface area (TPSA) is 45.2 Å². The Kier molecular flexibility index (Phi) is 3.44. The Morgan fingerprint density at radius 1 is 1.44 bits per heavy atom. The summed E-state index contributed by atoms with van der Waals surface area (Å²) in [6.45, 7) is 3.03. The molecule has 1 aromatic heterocycles. The van der Waals surface area contributed by atoms with Crippen molar-refractivity contribution in [2.45, 2.75) is 44.6 Å². The Labute approximate surface area is 96.9 Å². The van der Waals surface area contributed by atoms with Gasteiger partial charge in [-0.05, 0) is 25.3 Å². The summed E-state index contributed by atoms with van der Waals surface area (Å²) < 4.78 is 0. The van der Waals surface area contributed by atoms with Gasteiger partial charge in [0.2, 0.25) is 0 Å². The minimum absolute atomic E-state index is 0.648. The van der Waals surface area contributed by atoms with E-state index in [1.165, 1.54) is 0 Å². The molecule has 1 aliphatic rings. The number of rotatable bonds is 4. The summed E-state index contributed by atoms with van der Waals surface area (Å²) in [6.07, 6.45) is 6.78. The summed E-state index contributed by atoms with van der Waals surface area (Å²) in [5.74, 6) is 0.855. The number of aromatic nitrogens is 1. The van der Waals surface area contributed by atoms with Crippen molar-refractivity contribution in [3.8, 4) is 0 Å². The van der Waals surface area contributed by atoms with Crippen LogP contribution in [0, 0.1) is 0 Å². The Bertz CT molecular complexity index is 346. The maximum atomic E-state index is 10.6. The van der Waals surface area contributed by atoms with Crippen LogP contribution in [-0.4, -0.2) is 16.6 Å². The summed E-state index contributed by atoms with van der Waals surface area (Å²) in [5.41, 5.74) is 0.325. The van der Waals surface area contributed by atoms with Gasteiger partial charge in [0, 0.05) is 18.3 Å². The zero-order valence-corrected chi connectivity index (χ0v) is 9.87. The van der Waals surface area contributed by atoms with Crippen LogP contribution in [0.2, 0.25) is 0 Å². The number of hydrogen-bond acceptors (Lipinski definition) is 3. The lowest BCUT2D eigenvalue weighted by Gasteiger charge is -2.25. The third kappa shape index (κ3) is 2.19. The Morgan fingerprint density at radius 3 is 2.88 bits per heavy atom. The van der Waals surface area contributed by atoms with E-state index in [2.05, 4.69) is 17.2 Å². The van der Waals surface area contributed by atoms with Crippen LogP contribution in [-0.2, 0) is 5.60 Å². The van der Waals surface area contributed by atoms with Crippen molar-refractivity contribution in [1.82, 2.24) is 4.98 Å². The van der Waals surface area contributed by atoms with Crippen molar-refractivity contribution < 1.29 is 5.11 Å². The highest BCUT2D eigenvalue weighted by Gasteiger charge is 2.35. The molecule has 2 N–H and O–H groups in total. The van der Waals surface area contributed by atoms with Crippen molar-refractivity contribution in [2.75, 3.05) is 11.9 Å². The quantitative estimate of drug-likeness (QED) is 0.820. The van der Waals surface area contributed by atoms with Crippen molar-refractivity contribution >= 4 is 5.82 Å². The van der Waals surface area contributed by atoms with E-state index >= 15 is 0 Å². The molecule has 0 unspecified atom stereocenters. The van der Waals surface area contributed by atoms with Gasteiger partial charge in [-0.1, -0.05) is 25.8 Å². The van der Waals surface area contributed by atoms with E-state index in [9.17, 15) is 5.11 Å². The second-order valence-electron chi connectivity index (χ2n) is 4.57. The van der Waals surface area contributed by atoms with E-state index in [0.717, 1.165) is 50.0 Å². The normalized spacial score (nSPS) is 18.6. The number of aliphatic hydroxyl groups is 1. The van der Waals surface area contributed by atoms with Crippen molar-refractivity contribution in [1.29, 1.82) is 0 Å². The lowest BCUT2D eigenvalue weighted by atomic mass is 9.92. The molecule has 16 heavy (non-hydrogen) atoms. The molecule has 0 saturated heterocycles. The molecule has 1 saturated carbocycles. The molecule has 1 aromatic rings. The second-order valence-corrected chi connectivity index (χ2v) is 4.57. The molecule has 0 aromatic carbocycles. The third-order valence-electron chi connectivity index (χ3n) is 3.28. The highest BCUT2D eigenvalue weighted by molar-refractivity contribution is 5.47. The van der Waals surface area contributed by atoms with Crippen LogP contribution in [0.15, 0.2) is 18.3 Å². The van der Waals surface area contributed by atoms with Gasteiger partial charge in [0.15, 0.2) is 0 Å². The second kappa shape index (κ2) is 4.83. The Hall–Kier alpha value is -1.09. The number of nitrogens with zero attached hydrogens (tertiary/aromatic N) is 1. The van der Waals surface area contributed by atoms with Gasteiger partial charge in [0.1, 0.15) is 5.82 Å². The molecule has 3 nitrogen and oxygen atoms in total. The molecule has 0 spiro atoms. The highest BCUT2D eigenvalue weighted by Crippen LogP contribution is 2.40. The summed E-state index contributed by atoms with van der Waals surface area (Å²) in [6, 6.07) is 3.90. The van der Waals surface area contributed by atoms with Crippen LogP contribution in [0.1, 0.15) is 44.6 Å². The van der Waals surface area contributed by atoms with Gasteiger partial charge < -0.3 is 10.4 Å². The SMILES string of the molecule is CCCNc1ncccc1C1(O)CCCC1. The smallest absolute Gasteiger partial charge is 0.132 e. The molecule has 0 bridgehead atoms. The predicted octanol–water partition coefficient (Wildman–Crippen LogP) is 2.67. The zero-order valence-electron chi connectivity index (χ0n) is 9.87. The van der Waals surface area contributed by atoms with Crippen LogP contribution in [0.3, 0.4) is 0 Å². The van der Waals surface area contributed by atoms with Crippen LogP contribution < -0.4 is 5.32 Å². The summed E-state index contributed by atoms with van der Waals surface area (Å²) in [7, 11) is 0. The zero-order chi connectivity index (χ0) is 11.4. The van der Waals surface area contributed by atoms with Crippen LogP contribution in [0.5, 0.6) is 0 Å². The molecule has 1 fully saturated rings. The first-order valence-electron chi connectivity index (χ1n) is 6.18. The van der Waals surface area contributed by atoms with Gasteiger partial charge >= 0.3 is 0 Å². The van der Waals surface area contributed by atoms with Crippen molar-refractivity contribution in [3.63, 3.8) is 0 Å².